The Kier molecular flexibility index (Phi) is 3.60. The predicted octanol–water partition coefficient (Wildman–Crippen LogP) is 1.32. The summed E-state index contributed by atoms with van der Waals surface area (Å²) in [6.07, 6.45) is 2.00. The molecule has 2 aromatic rings. The van der Waals surface area contributed by atoms with Crippen LogP contribution in [0.3, 0.4) is 0 Å². The summed E-state index contributed by atoms with van der Waals surface area (Å²) in [6.45, 7) is 5.19. The number of nitrogens with zero attached hydrogens (tertiary/aromatic N) is 4. The zero-order valence-electron chi connectivity index (χ0n) is 11.9. The van der Waals surface area contributed by atoms with Crippen molar-refractivity contribution in [3.63, 3.8) is 0 Å². The summed E-state index contributed by atoms with van der Waals surface area (Å²) in [6, 6.07) is 10.2. The van der Waals surface area contributed by atoms with E-state index in [-0.39, 0.29) is 0 Å². The molecule has 3 rings (SSSR count). The molecule has 0 amide bonds. The third-order valence-electron chi connectivity index (χ3n) is 3.78. The molecule has 1 aromatic carbocycles. The zero-order valence-corrected chi connectivity index (χ0v) is 11.9. The lowest BCUT2D eigenvalue weighted by molar-refractivity contribution is 0.246. The van der Waals surface area contributed by atoms with Gasteiger partial charge in [0.15, 0.2) is 0 Å². The van der Waals surface area contributed by atoms with Crippen LogP contribution in [0.25, 0.3) is 0 Å². The van der Waals surface area contributed by atoms with Crippen LogP contribution in [-0.4, -0.2) is 40.9 Å². The Balaban J connectivity index is 1.55. The first-order valence-electron chi connectivity index (χ1n) is 7.02. The van der Waals surface area contributed by atoms with E-state index in [4.69, 9.17) is 5.73 Å². The van der Waals surface area contributed by atoms with Gasteiger partial charge in [-0.25, -0.2) is 0 Å². The highest BCUT2D eigenvalue weighted by molar-refractivity contribution is 5.53. The van der Waals surface area contributed by atoms with Crippen molar-refractivity contribution in [2.75, 3.05) is 36.8 Å². The topological polar surface area (TPSA) is 50.3 Å². The Morgan fingerprint density at radius 1 is 1.05 bits per heavy atom. The third kappa shape index (κ3) is 2.93. The van der Waals surface area contributed by atoms with Gasteiger partial charge in [0, 0.05) is 57.3 Å². The molecule has 0 bridgehead atoms. The molecule has 2 heterocycles. The standard InChI is InChI=1S/C15H21N5/c1-18-7-6-14(17-18)12-19-8-10-20(11-9-19)15-4-2-13(16)3-5-15/h2-7H,8-12,16H2,1H3. The van der Waals surface area contributed by atoms with Crippen LogP contribution in [-0.2, 0) is 13.6 Å². The molecule has 1 aliphatic heterocycles. The van der Waals surface area contributed by atoms with Crippen molar-refractivity contribution < 1.29 is 0 Å². The second-order valence-electron chi connectivity index (χ2n) is 5.34. The number of hydrogen-bond donors (Lipinski definition) is 1. The molecular weight excluding hydrogens is 250 g/mol. The van der Waals surface area contributed by atoms with Crippen molar-refractivity contribution in [3.8, 4) is 0 Å². The van der Waals surface area contributed by atoms with Crippen molar-refractivity contribution in [1.82, 2.24) is 14.7 Å². The van der Waals surface area contributed by atoms with Crippen LogP contribution in [0, 0.1) is 0 Å². The van der Waals surface area contributed by atoms with Crippen LogP contribution in [0.2, 0.25) is 0 Å². The van der Waals surface area contributed by atoms with E-state index >= 15 is 0 Å². The van der Waals surface area contributed by atoms with Crippen LogP contribution < -0.4 is 10.6 Å². The molecule has 2 N–H and O–H groups in total. The molecule has 0 radical (unpaired) electrons. The van der Waals surface area contributed by atoms with Crippen LogP contribution in [0.5, 0.6) is 0 Å². The number of aryl methyl sites for hydroxylation is 1. The highest BCUT2D eigenvalue weighted by atomic mass is 15.3. The van der Waals surface area contributed by atoms with E-state index in [9.17, 15) is 0 Å². The van der Waals surface area contributed by atoms with Crippen molar-refractivity contribution >= 4 is 11.4 Å². The fourth-order valence-corrected chi connectivity index (χ4v) is 2.63. The van der Waals surface area contributed by atoms with E-state index in [1.54, 1.807) is 0 Å². The van der Waals surface area contributed by atoms with Gasteiger partial charge in [-0.3, -0.25) is 9.58 Å². The summed E-state index contributed by atoms with van der Waals surface area (Å²) >= 11 is 0. The quantitative estimate of drug-likeness (QED) is 0.856. The fourth-order valence-electron chi connectivity index (χ4n) is 2.63. The lowest BCUT2D eigenvalue weighted by Gasteiger charge is -2.35. The second-order valence-corrected chi connectivity index (χ2v) is 5.34. The van der Waals surface area contributed by atoms with Gasteiger partial charge < -0.3 is 10.6 Å². The summed E-state index contributed by atoms with van der Waals surface area (Å²) in [5.74, 6) is 0. The van der Waals surface area contributed by atoms with Gasteiger partial charge in [-0.2, -0.15) is 5.10 Å². The molecule has 1 aliphatic rings. The lowest BCUT2D eigenvalue weighted by atomic mass is 10.2. The molecule has 1 saturated heterocycles. The average Bonchev–Trinajstić information content (AvgIpc) is 2.86. The highest BCUT2D eigenvalue weighted by Gasteiger charge is 2.17. The van der Waals surface area contributed by atoms with Gasteiger partial charge in [-0.1, -0.05) is 0 Å². The largest absolute Gasteiger partial charge is 0.399 e. The van der Waals surface area contributed by atoms with Crippen molar-refractivity contribution in [2.45, 2.75) is 6.54 Å². The molecule has 5 heteroatoms. The summed E-state index contributed by atoms with van der Waals surface area (Å²) in [5, 5.41) is 4.44. The van der Waals surface area contributed by atoms with Crippen LogP contribution in [0.1, 0.15) is 5.69 Å². The summed E-state index contributed by atoms with van der Waals surface area (Å²) < 4.78 is 1.86. The minimum Gasteiger partial charge on any atom is -0.399 e. The van der Waals surface area contributed by atoms with Crippen molar-refractivity contribution in [1.29, 1.82) is 0 Å². The number of hydrogen-bond acceptors (Lipinski definition) is 4. The van der Waals surface area contributed by atoms with Crippen LogP contribution in [0.15, 0.2) is 36.5 Å². The number of nitrogen functional groups attached to an aromatic ring is 1. The number of benzene rings is 1. The molecule has 0 atom stereocenters. The van der Waals surface area contributed by atoms with Gasteiger partial charge in [-0.05, 0) is 30.3 Å². The average molecular weight is 271 g/mol. The Morgan fingerprint density at radius 3 is 2.35 bits per heavy atom. The van der Waals surface area contributed by atoms with Gasteiger partial charge in [-0.15, -0.1) is 0 Å². The van der Waals surface area contributed by atoms with Crippen LogP contribution in [0.4, 0.5) is 11.4 Å². The number of nitrogens with two attached hydrogens (primary N) is 1. The van der Waals surface area contributed by atoms with Gasteiger partial charge in [0.25, 0.3) is 0 Å². The number of rotatable bonds is 3. The first-order chi connectivity index (χ1) is 9.70. The predicted molar refractivity (Wildman–Crippen MR) is 81.6 cm³/mol. The van der Waals surface area contributed by atoms with Crippen molar-refractivity contribution in [2.24, 2.45) is 7.05 Å². The van der Waals surface area contributed by atoms with E-state index in [1.807, 2.05) is 30.1 Å². The minimum atomic E-state index is 0.822. The molecule has 1 aromatic heterocycles. The molecule has 106 valence electrons. The number of piperazine rings is 1. The molecule has 0 saturated carbocycles. The Bertz CT molecular complexity index is 552. The monoisotopic (exact) mass is 271 g/mol. The summed E-state index contributed by atoms with van der Waals surface area (Å²) in [7, 11) is 1.96. The number of anilines is 2. The highest BCUT2D eigenvalue weighted by Crippen LogP contribution is 2.18. The molecule has 5 nitrogen and oxygen atoms in total. The fraction of sp³-hybridized carbons (Fsp3) is 0.400. The smallest absolute Gasteiger partial charge is 0.0764 e. The molecule has 20 heavy (non-hydrogen) atoms. The maximum atomic E-state index is 5.73. The van der Waals surface area contributed by atoms with Gasteiger partial charge in [0.1, 0.15) is 0 Å². The molecule has 0 aliphatic carbocycles. The van der Waals surface area contributed by atoms with E-state index in [0.717, 1.165) is 44.1 Å². The maximum Gasteiger partial charge on any atom is 0.0764 e. The Labute approximate surface area is 119 Å². The molecule has 1 fully saturated rings. The first kappa shape index (κ1) is 13.0. The Morgan fingerprint density at radius 2 is 1.75 bits per heavy atom. The SMILES string of the molecule is Cn1ccc(CN2CCN(c3ccc(N)cc3)CC2)n1. The van der Waals surface area contributed by atoms with Crippen LogP contribution >= 0.6 is 0 Å². The van der Waals surface area contributed by atoms with Gasteiger partial charge >= 0.3 is 0 Å². The Hall–Kier alpha value is -2.01. The van der Waals surface area contributed by atoms with Gasteiger partial charge in [0.05, 0.1) is 5.69 Å². The second kappa shape index (κ2) is 5.54. The molecule has 0 unspecified atom stereocenters. The molecule has 0 spiro atoms. The maximum absolute atomic E-state index is 5.73. The van der Waals surface area contributed by atoms with Gasteiger partial charge in [0.2, 0.25) is 0 Å². The minimum absolute atomic E-state index is 0.822. The number of aromatic nitrogens is 2. The zero-order chi connectivity index (χ0) is 13.9. The normalized spacial score (nSPS) is 16.6. The van der Waals surface area contributed by atoms with E-state index in [2.05, 4.69) is 33.1 Å². The lowest BCUT2D eigenvalue weighted by Crippen LogP contribution is -2.46. The first-order valence-corrected chi connectivity index (χ1v) is 7.02. The third-order valence-corrected chi connectivity index (χ3v) is 3.78. The van der Waals surface area contributed by atoms with Crippen molar-refractivity contribution in [3.05, 3.63) is 42.2 Å². The summed E-state index contributed by atoms with van der Waals surface area (Å²) in [5.41, 5.74) is 8.96. The molecular formula is C15H21N5. The van der Waals surface area contributed by atoms with E-state index in [0.29, 0.717) is 0 Å². The van der Waals surface area contributed by atoms with E-state index < -0.39 is 0 Å². The summed E-state index contributed by atoms with van der Waals surface area (Å²) in [4.78, 5) is 4.87. The van der Waals surface area contributed by atoms with E-state index in [1.165, 1.54) is 5.69 Å².